The maximum atomic E-state index is 6.00. The van der Waals surface area contributed by atoms with E-state index in [0.29, 0.717) is 0 Å². The van der Waals surface area contributed by atoms with Gasteiger partial charge < -0.3 is 11.1 Å². The third kappa shape index (κ3) is 1.37. The molecule has 2 rings (SSSR count). The minimum absolute atomic E-state index is 0.775. The molecule has 3 heteroatoms. The minimum Gasteiger partial charge on any atom is -0.397 e. The average molecular weight is 187 g/mol. The minimum atomic E-state index is 0.775. The van der Waals surface area contributed by atoms with Gasteiger partial charge in [-0.3, -0.25) is 4.98 Å². The van der Waals surface area contributed by atoms with E-state index in [1.54, 1.807) is 6.20 Å². The Morgan fingerprint density at radius 1 is 1.36 bits per heavy atom. The summed E-state index contributed by atoms with van der Waals surface area (Å²) in [6.45, 7) is 2.92. The predicted octanol–water partition coefficient (Wildman–Crippen LogP) is 2.25. The smallest absolute Gasteiger partial charge is 0.0724 e. The van der Waals surface area contributed by atoms with E-state index < -0.39 is 0 Å². The number of nitrogens with one attached hydrogen (secondary N) is 1. The van der Waals surface area contributed by atoms with Crippen LogP contribution in [0.3, 0.4) is 0 Å². The molecule has 0 aliphatic carbocycles. The zero-order valence-electron chi connectivity index (χ0n) is 8.12. The molecule has 0 saturated carbocycles. The number of hydrogen-bond acceptors (Lipinski definition) is 3. The van der Waals surface area contributed by atoms with Crippen LogP contribution < -0.4 is 11.1 Å². The Morgan fingerprint density at radius 3 is 3.00 bits per heavy atom. The lowest BCUT2D eigenvalue weighted by Gasteiger charge is -2.09. The van der Waals surface area contributed by atoms with Crippen LogP contribution in [0.1, 0.15) is 6.92 Å². The number of nitrogens with two attached hydrogens (primary N) is 1. The van der Waals surface area contributed by atoms with Gasteiger partial charge in [-0.25, -0.2) is 0 Å². The Bertz CT molecular complexity index is 451. The normalized spacial score (nSPS) is 10.4. The zero-order valence-corrected chi connectivity index (χ0v) is 8.12. The number of benzene rings is 1. The summed E-state index contributed by atoms with van der Waals surface area (Å²) < 4.78 is 0. The Morgan fingerprint density at radius 2 is 2.21 bits per heavy atom. The first-order chi connectivity index (χ1) is 6.83. The van der Waals surface area contributed by atoms with Gasteiger partial charge in [0.25, 0.3) is 0 Å². The number of pyridine rings is 1. The molecular weight excluding hydrogens is 174 g/mol. The van der Waals surface area contributed by atoms with E-state index in [1.165, 1.54) is 0 Å². The van der Waals surface area contributed by atoms with E-state index >= 15 is 0 Å². The highest BCUT2D eigenvalue weighted by Gasteiger charge is 2.02. The van der Waals surface area contributed by atoms with Crippen LogP contribution in [-0.2, 0) is 0 Å². The molecular formula is C11H13N3. The third-order valence-corrected chi connectivity index (χ3v) is 2.19. The fourth-order valence-corrected chi connectivity index (χ4v) is 1.52. The summed E-state index contributed by atoms with van der Waals surface area (Å²) in [6, 6.07) is 7.82. The molecule has 1 heterocycles. The lowest BCUT2D eigenvalue weighted by Crippen LogP contribution is -2.01. The lowest BCUT2D eigenvalue weighted by atomic mass is 10.1. The molecule has 0 bridgehead atoms. The molecule has 1 aromatic heterocycles. The molecule has 2 aromatic rings. The van der Waals surface area contributed by atoms with Crippen molar-refractivity contribution in [1.29, 1.82) is 0 Å². The second-order valence-corrected chi connectivity index (χ2v) is 3.13. The largest absolute Gasteiger partial charge is 0.397 e. The highest BCUT2D eigenvalue weighted by molar-refractivity contribution is 5.96. The van der Waals surface area contributed by atoms with E-state index in [-0.39, 0.29) is 0 Å². The Balaban J connectivity index is 2.63. The van der Waals surface area contributed by atoms with Gasteiger partial charge in [0.2, 0.25) is 0 Å². The van der Waals surface area contributed by atoms with Gasteiger partial charge in [0.05, 0.1) is 16.9 Å². The molecule has 0 aliphatic rings. The average Bonchev–Trinajstić information content (AvgIpc) is 2.23. The molecule has 0 spiro atoms. The molecule has 0 atom stereocenters. The van der Waals surface area contributed by atoms with Crippen molar-refractivity contribution in [2.45, 2.75) is 6.92 Å². The fourth-order valence-electron chi connectivity index (χ4n) is 1.52. The van der Waals surface area contributed by atoms with Crippen molar-refractivity contribution in [2.75, 3.05) is 17.6 Å². The number of nitrogen functional groups attached to an aromatic ring is 1. The zero-order chi connectivity index (χ0) is 9.97. The number of fused-ring (bicyclic) bond motifs is 1. The van der Waals surface area contributed by atoms with E-state index in [9.17, 15) is 0 Å². The molecule has 0 unspecified atom stereocenters. The van der Waals surface area contributed by atoms with Crippen LogP contribution in [0.15, 0.2) is 30.5 Å². The van der Waals surface area contributed by atoms with Crippen LogP contribution in [0.4, 0.5) is 11.4 Å². The van der Waals surface area contributed by atoms with Crippen LogP contribution in [0.25, 0.3) is 10.9 Å². The Labute approximate surface area is 83.0 Å². The van der Waals surface area contributed by atoms with Gasteiger partial charge in [0, 0.05) is 18.1 Å². The maximum Gasteiger partial charge on any atom is 0.0724 e. The van der Waals surface area contributed by atoms with Gasteiger partial charge in [0.15, 0.2) is 0 Å². The van der Waals surface area contributed by atoms with Crippen molar-refractivity contribution in [1.82, 2.24) is 4.98 Å². The molecule has 72 valence electrons. The number of hydrogen-bond donors (Lipinski definition) is 2. The lowest BCUT2D eigenvalue weighted by molar-refractivity contribution is 1.21. The predicted molar refractivity (Wildman–Crippen MR) is 60.3 cm³/mol. The number of rotatable bonds is 2. The quantitative estimate of drug-likeness (QED) is 0.709. The highest BCUT2D eigenvalue weighted by atomic mass is 14.9. The first-order valence-corrected chi connectivity index (χ1v) is 4.70. The first-order valence-electron chi connectivity index (χ1n) is 4.70. The Kier molecular flexibility index (Phi) is 2.23. The SMILES string of the molecule is CCNc1ccc2ncccc2c1N. The van der Waals surface area contributed by atoms with Crippen LogP contribution >= 0.6 is 0 Å². The van der Waals surface area contributed by atoms with E-state index in [2.05, 4.69) is 10.3 Å². The van der Waals surface area contributed by atoms with Gasteiger partial charge >= 0.3 is 0 Å². The number of anilines is 2. The molecule has 3 nitrogen and oxygen atoms in total. The summed E-state index contributed by atoms with van der Waals surface area (Å²) in [7, 11) is 0. The molecule has 14 heavy (non-hydrogen) atoms. The summed E-state index contributed by atoms with van der Waals surface area (Å²) in [5.74, 6) is 0. The molecule has 0 amide bonds. The van der Waals surface area contributed by atoms with Crippen LogP contribution in [-0.4, -0.2) is 11.5 Å². The molecule has 0 saturated heterocycles. The molecule has 3 N–H and O–H groups in total. The monoisotopic (exact) mass is 187 g/mol. The van der Waals surface area contributed by atoms with Crippen molar-refractivity contribution >= 4 is 22.3 Å². The van der Waals surface area contributed by atoms with E-state index in [4.69, 9.17) is 5.73 Å². The second kappa shape index (κ2) is 3.54. The van der Waals surface area contributed by atoms with Gasteiger partial charge in [-0.15, -0.1) is 0 Å². The molecule has 0 radical (unpaired) electrons. The van der Waals surface area contributed by atoms with Crippen molar-refractivity contribution in [2.24, 2.45) is 0 Å². The summed E-state index contributed by atoms with van der Waals surface area (Å²) in [5.41, 5.74) is 8.69. The van der Waals surface area contributed by atoms with Crippen molar-refractivity contribution in [3.05, 3.63) is 30.5 Å². The van der Waals surface area contributed by atoms with Crippen LogP contribution in [0.5, 0.6) is 0 Å². The fraction of sp³-hybridized carbons (Fsp3) is 0.182. The van der Waals surface area contributed by atoms with Crippen molar-refractivity contribution in [3.8, 4) is 0 Å². The maximum absolute atomic E-state index is 6.00. The standard InChI is InChI=1S/C11H13N3/c1-2-13-10-6-5-9-8(11(10)12)4-3-7-14-9/h3-7,13H,2,12H2,1H3. The van der Waals surface area contributed by atoms with Crippen LogP contribution in [0, 0.1) is 0 Å². The molecule has 0 fully saturated rings. The van der Waals surface area contributed by atoms with Gasteiger partial charge in [-0.2, -0.15) is 0 Å². The topological polar surface area (TPSA) is 50.9 Å². The van der Waals surface area contributed by atoms with E-state index in [0.717, 1.165) is 28.8 Å². The second-order valence-electron chi connectivity index (χ2n) is 3.13. The van der Waals surface area contributed by atoms with Gasteiger partial charge in [0.1, 0.15) is 0 Å². The third-order valence-electron chi connectivity index (χ3n) is 2.19. The number of nitrogens with zero attached hydrogens (tertiary/aromatic N) is 1. The molecule has 0 aliphatic heterocycles. The summed E-state index contributed by atoms with van der Waals surface area (Å²) in [4.78, 5) is 4.24. The Hall–Kier alpha value is -1.77. The van der Waals surface area contributed by atoms with Gasteiger partial charge in [-0.1, -0.05) is 0 Å². The summed E-state index contributed by atoms with van der Waals surface area (Å²) in [5, 5.41) is 4.22. The number of aromatic nitrogens is 1. The van der Waals surface area contributed by atoms with Gasteiger partial charge in [-0.05, 0) is 31.2 Å². The van der Waals surface area contributed by atoms with Crippen LogP contribution in [0.2, 0.25) is 0 Å². The first kappa shape index (κ1) is 8.81. The summed E-state index contributed by atoms with van der Waals surface area (Å²) >= 11 is 0. The molecule has 1 aromatic carbocycles. The van der Waals surface area contributed by atoms with E-state index in [1.807, 2.05) is 31.2 Å². The highest BCUT2D eigenvalue weighted by Crippen LogP contribution is 2.26. The summed E-state index contributed by atoms with van der Waals surface area (Å²) in [6.07, 6.45) is 1.77. The van der Waals surface area contributed by atoms with Crippen molar-refractivity contribution < 1.29 is 0 Å². The van der Waals surface area contributed by atoms with Crippen molar-refractivity contribution in [3.63, 3.8) is 0 Å².